The highest BCUT2D eigenvalue weighted by atomic mass is 32.2. The molecular weight excluding hydrogens is 479 g/mol. The molecule has 4 rings (SSSR count). The van der Waals surface area contributed by atoms with Gasteiger partial charge in [0.1, 0.15) is 17.5 Å². The average molecular weight is 509 g/mol. The summed E-state index contributed by atoms with van der Waals surface area (Å²) < 4.78 is 25.1. The van der Waals surface area contributed by atoms with Crippen LogP contribution in [0.1, 0.15) is 56.6 Å². The molecule has 36 heavy (non-hydrogen) atoms. The maximum Gasteiger partial charge on any atom is 0.283 e. The molecule has 0 aromatic heterocycles. The van der Waals surface area contributed by atoms with Crippen LogP contribution in [0.15, 0.2) is 58.1 Å². The number of carbonyl (C=O) groups excluding carboxylic acids is 1. The highest BCUT2D eigenvalue weighted by Crippen LogP contribution is 2.33. The Morgan fingerprint density at radius 1 is 1.11 bits per heavy atom. The van der Waals surface area contributed by atoms with Crippen molar-refractivity contribution in [1.82, 2.24) is 5.01 Å². The first-order valence-electron chi connectivity index (χ1n) is 12.0. The number of hydrazone groups is 1. The van der Waals surface area contributed by atoms with Crippen molar-refractivity contribution < 1.29 is 18.7 Å². The molecule has 2 aliphatic heterocycles. The molecule has 0 bridgehead atoms. The van der Waals surface area contributed by atoms with Crippen LogP contribution in [0.4, 0.5) is 4.39 Å². The summed E-state index contributed by atoms with van der Waals surface area (Å²) in [5.74, 6) is 0.0564. The third-order valence-electron chi connectivity index (χ3n) is 5.83. The third-order valence-corrected chi connectivity index (χ3v) is 6.80. The first kappa shape index (κ1) is 25.6. The molecule has 2 heterocycles. The Labute approximate surface area is 214 Å². The van der Waals surface area contributed by atoms with Crippen molar-refractivity contribution in [2.45, 2.75) is 52.1 Å². The fourth-order valence-corrected chi connectivity index (χ4v) is 4.77. The van der Waals surface area contributed by atoms with E-state index in [1.807, 2.05) is 0 Å². The maximum absolute atomic E-state index is 13.9. The lowest BCUT2D eigenvalue weighted by Crippen LogP contribution is -2.35. The van der Waals surface area contributed by atoms with Gasteiger partial charge in [-0.3, -0.25) is 10.2 Å². The molecule has 2 aromatic carbocycles. The molecule has 0 saturated heterocycles. The number of hydrogen-bond acceptors (Lipinski definition) is 6. The molecule has 0 unspecified atom stereocenters. The SMILES string of the molecule is CCCCCCCC1=NN2C(=N)/C(=C/c3ccc(OCc4ccccc4F)c(OC)c3)C(=O)N=C2S1. The van der Waals surface area contributed by atoms with E-state index < -0.39 is 5.91 Å². The van der Waals surface area contributed by atoms with E-state index in [2.05, 4.69) is 17.0 Å². The quantitative estimate of drug-likeness (QED) is 0.281. The molecule has 2 aliphatic rings. The first-order chi connectivity index (χ1) is 17.5. The molecule has 0 radical (unpaired) electrons. The fraction of sp³-hybridized carbons (Fsp3) is 0.333. The highest BCUT2D eigenvalue weighted by Gasteiger charge is 2.35. The summed E-state index contributed by atoms with van der Waals surface area (Å²) in [5.41, 5.74) is 1.23. The predicted molar refractivity (Wildman–Crippen MR) is 142 cm³/mol. The molecule has 7 nitrogen and oxygen atoms in total. The predicted octanol–water partition coefficient (Wildman–Crippen LogP) is 6.39. The van der Waals surface area contributed by atoms with E-state index in [4.69, 9.17) is 14.9 Å². The van der Waals surface area contributed by atoms with Crippen molar-refractivity contribution in [3.63, 3.8) is 0 Å². The minimum Gasteiger partial charge on any atom is -0.493 e. The zero-order valence-electron chi connectivity index (χ0n) is 20.4. The number of amides is 1. The molecular formula is C27H29FN4O3S. The summed E-state index contributed by atoms with van der Waals surface area (Å²) in [5, 5.41) is 15.9. The highest BCUT2D eigenvalue weighted by molar-refractivity contribution is 8.26. The Hall–Kier alpha value is -3.46. The minimum atomic E-state index is -0.475. The number of amidine groups is 2. The number of ether oxygens (including phenoxy) is 2. The average Bonchev–Trinajstić information content (AvgIpc) is 3.29. The zero-order chi connectivity index (χ0) is 25.5. The fourth-order valence-electron chi connectivity index (χ4n) is 3.84. The van der Waals surface area contributed by atoms with Gasteiger partial charge in [-0.15, -0.1) is 0 Å². The van der Waals surface area contributed by atoms with Gasteiger partial charge in [0.25, 0.3) is 5.91 Å². The van der Waals surface area contributed by atoms with Crippen LogP contribution in [-0.4, -0.2) is 34.1 Å². The van der Waals surface area contributed by atoms with Crippen molar-refractivity contribution >= 4 is 39.8 Å². The van der Waals surface area contributed by atoms with Crippen LogP contribution in [0, 0.1) is 11.2 Å². The number of fused-ring (bicyclic) bond motifs is 1. The van der Waals surface area contributed by atoms with Gasteiger partial charge in [-0.1, -0.05) is 56.9 Å². The molecule has 0 atom stereocenters. The summed E-state index contributed by atoms with van der Waals surface area (Å²) in [6.45, 7) is 2.24. The number of thioether (sulfide) groups is 1. The Morgan fingerprint density at radius 3 is 2.69 bits per heavy atom. The normalized spacial score (nSPS) is 16.2. The Morgan fingerprint density at radius 2 is 1.92 bits per heavy atom. The smallest absolute Gasteiger partial charge is 0.283 e. The van der Waals surface area contributed by atoms with E-state index >= 15 is 0 Å². The van der Waals surface area contributed by atoms with Crippen LogP contribution in [0.5, 0.6) is 11.5 Å². The second kappa shape index (κ2) is 12.0. The largest absolute Gasteiger partial charge is 0.493 e. The van der Waals surface area contributed by atoms with Crippen LogP contribution in [0.2, 0.25) is 0 Å². The lowest BCUT2D eigenvalue weighted by Gasteiger charge is -2.20. The summed E-state index contributed by atoms with van der Waals surface area (Å²) in [4.78, 5) is 16.9. The number of benzene rings is 2. The van der Waals surface area contributed by atoms with Gasteiger partial charge in [0.05, 0.1) is 12.7 Å². The number of nitrogens with one attached hydrogen (secondary N) is 1. The van der Waals surface area contributed by atoms with Crippen molar-refractivity contribution in [3.8, 4) is 11.5 Å². The molecule has 9 heteroatoms. The third kappa shape index (κ3) is 6.02. The summed E-state index contributed by atoms with van der Waals surface area (Å²) in [6.07, 6.45) is 8.22. The van der Waals surface area contributed by atoms with Crippen molar-refractivity contribution in [3.05, 3.63) is 65.0 Å². The van der Waals surface area contributed by atoms with E-state index in [9.17, 15) is 9.18 Å². The maximum atomic E-state index is 13.9. The number of unbranched alkanes of at least 4 members (excludes halogenated alkanes) is 4. The Kier molecular flexibility index (Phi) is 8.53. The van der Waals surface area contributed by atoms with Crippen molar-refractivity contribution in [2.75, 3.05) is 7.11 Å². The van der Waals surface area contributed by atoms with E-state index in [0.29, 0.717) is 27.8 Å². The summed E-state index contributed by atoms with van der Waals surface area (Å²) in [6, 6.07) is 11.6. The number of carbonyl (C=O) groups is 1. The van der Waals surface area contributed by atoms with Gasteiger partial charge in [-0.05, 0) is 54.4 Å². The van der Waals surface area contributed by atoms with Gasteiger partial charge in [0.15, 0.2) is 17.3 Å². The molecule has 1 amide bonds. The zero-order valence-corrected chi connectivity index (χ0v) is 21.2. The van der Waals surface area contributed by atoms with E-state index in [1.165, 1.54) is 49.2 Å². The topological polar surface area (TPSA) is 87.3 Å². The number of methoxy groups -OCH3 is 1. The van der Waals surface area contributed by atoms with Crippen LogP contribution >= 0.6 is 11.8 Å². The molecule has 0 spiro atoms. The lowest BCUT2D eigenvalue weighted by atomic mass is 10.1. The standard InChI is InChI=1S/C27H29FN4O3S/c1-3-4-5-6-7-12-24-31-32-25(29)20(26(33)30-27(32)36-24)15-18-13-14-22(23(16-18)34-2)35-17-19-10-8-9-11-21(19)28/h8-11,13-16,29H,3-7,12,17H2,1-2H3/b20-15-,29-25?. The van der Waals surface area contributed by atoms with E-state index in [0.717, 1.165) is 24.3 Å². The molecule has 1 N–H and O–H groups in total. The van der Waals surface area contributed by atoms with Crippen LogP contribution in [0.3, 0.4) is 0 Å². The van der Waals surface area contributed by atoms with Crippen LogP contribution < -0.4 is 9.47 Å². The van der Waals surface area contributed by atoms with E-state index in [1.54, 1.807) is 42.5 Å². The monoisotopic (exact) mass is 508 g/mol. The van der Waals surface area contributed by atoms with Gasteiger partial charge in [0, 0.05) is 5.56 Å². The number of aliphatic imine (C=N–C) groups is 1. The van der Waals surface area contributed by atoms with Gasteiger partial charge >= 0.3 is 0 Å². The van der Waals surface area contributed by atoms with Crippen molar-refractivity contribution in [1.29, 1.82) is 5.41 Å². The lowest BCUT2D eigenvalue weighted by molar-refractivity contribution is -0.114. The second-order valence-corrected chi connectivity index (χ2v) is 9.51. The molecule has 188 valence electrons. The Bertz CT molecular complexity index is 1240. The van der Waals surface area contributed by atoms with Gasteiger partial charge in [0.2, 0.25) is 5.17 Å². The number of rotatable bonds is 11. The summed E-state index contributed by atoms with van der Waals surface area (Å²) >= 11 is 1.36. The van der Waals surface area contributed by atoms with Crippen LogP contribution in [0.25, 0.3) is 6.08 Å². The number of halogens is 1. The number of nitrogens with zero attached hydrogens (tertiary/aromatic N) is 3. The molecule has 2 aromatic rings. The number of hydrogen-bond donors (Lipinski definition) is 1. The van der Waals surface area contributed by atoms with Gasteiger partial charge in [-0.25, -0.2) is 4.39 Å². The first-order valence-corrected chi connectivity index (χ1v) is 12.8. The van der Waals surface area contributed by atoms with Crippen molar-refractivity contribution in [2.24, 2.45) is 10.1 Å². The Balaban J connectivity index is 1.46. The van der Waals surface area contributed by atoms with Gasteiger partial charge < -0.3 is 9.47 Å². The molecule has 0 aliphatic carbocycles. The minimum absolute atomic E-state index is 0.00247. The van der Waals surface area contributed by atoms with Gasteiger partial charge in [-0.2, -0.15) is 15.1 Å². The second-order valence-electron chi connectivity index (χ2n) is 8.47. The summed E-state index contributed by atoms with van der Waals surface area (Å²) in [7, 11) is 1.51. The van der Waals surface area contributed by atoms with E-state index in [-0.39, 0.29) is 23.8 Å². The molecule has 0 saturated carbocycles. The van der Waals surface area contributed by atoms with Crippen LogP contribution in [-0.2, 0) is 11.4 Å². The molecule has 0 fully saturated rings.